The summed E-state index contributed by atoms with van der Waals surface area (Å²) in [4.78, 5) is 0. The number of hydrogen-bond donors (Lipinski definition) is 0. The van der Waals surface area contributed by atoms with E-state index in [9.17, 15) is 0 Å². The van der Waals surface area contributed by atoms with Crippen LogP contribution in [0, 0.1) is 6.92 Å². The van der Waals surface area contributed by atoms with Crippen LogP contribution in [0.4, 0.5) is 0 Å². The molecule has 4 rings (SSSR count). The van der Waals surface area contributed by atoms with Crippen molar-refractivity contribution in [1.82, 2.24) is 0 Å². The van der Waals surface area contributed by atoms with Crippen molar-refractivity contribution in [3.8, 4) is 0 Å². The molecule has 2 nitrogen and oxygen atoms in total. The Morgan fingerprint density at radius 1 is 0.714 bits per heavy atom. The molecule has 2 heteroatoms. The Hall–Kier alpha value is -3.10. The lowest BCUT2D eigenvalue weighted by Crippen LogP contribution is -2.35. The van der Waals surface area contributed by atoms with Gasteiger partial charge in [0.05, 0.1) is 0 Å². The van der Waals surface area contributed by atoms with Crippen LogP contribution in [0.2, 0.25) is 0 Å². The van der Waals surface area contributed by atoms with Gasteiger partial charge in [0.15, 0.2) is 0 Å². The molecule has 0 fully saturated rings. The fourth-order valence-corrected chi connectivity index (χ4v) is 3.70. The normalized spacial score (nSPS) is 19.2. The number of aryl methyl sites for hydroxylation is 1. The minimum Gasteiger partial charge on any atom is -0.453 e. The number of rotatable bonds is 4. The first-order valence-corrected chi connectivity index (χ1v) is 9.49. The van der Waals surface area contributed by atoms with E-state index in [-0.39, 0.29) is 0 Å². The van der Waals surface area contributed by atoms with Crippen LogP contribution in [0.1, 0.15) is 29.2 Å². The number of benzene rings is 3. The van der Waals surface area contributed by atoms with E-state index in [4.69, 9.17) is 9.47 Å². The molecule has 0 bridgehead atoms. The van der Waals surface area contributed by atoms with Gasteiger partial charge in [0, 0.05) is 23.8 Å². The Balaban J connectivity index is 1.94. The summed E-state index contributed by atoms with van der Waals surface area (Å²) in [6.45, 7) is 4.17. The second-order valence-corrected chi connectivity index (χ2v) is 7.07. The van der Waals surface area contributed by atoms with E-state index >= 15 is 0 Å². The lowest BCUT2D eigenvalue weighted by Gasteiger charge is -2.39. The second-order valence-electron chi connectivity index (χ2n) is 7.07. The van der Waals surface area contributed by atoms with Crippen molar-refractivity contribution in [3.05, 3.63) is 119 Å². The van der Waals surface area contributed by atoms with Gasteiger partial charge in [0.25, 0.3) is 5.79 Å². The minimum absolute atomic E-state index is 0.801. The minimum atomic E-state index is -0.971. The van der Waals surface area contributed by atoms with Gasteiger partial charge in [0.1, 0.15) is 5.76 Å². The third-order valence-electron chi connectivity index (χ3n) is 5.29. The fourth-order valence-electron chi connectivity index (χ4n) is 3.70. The van der Waals surface area contributed by atoms with Crippen molar-refractivity contribution in [2.45, 2.75) is 19.6 Å². The van der Waals surface area contributed by atoms with Gasteiger partial charge in [-0.1, -0.05) is 90.5 Å². The van der Waals surface area contributed by atoms with E-state index in [1.54, 1.807) is 7.11 Å². The molecule has 0 N–H and O–H groups in total. The van der Waals surface area contributed by atoms with Gasteiger partial charge >= 0.3 is 0 Å². The van der Waals surface area contributed by atoms with Crippen LogP contribution in [-0.2, 0) is 15.3 Å². The standard InChI is InChI=1S/C26H24O2/c1-19-14-16-22(17-15-19)25-18-24(21-10-6-4-7-11-21)20(2)26(27-3,28-25)23-12-8-5-9-13-23/h4-18H,1-3H3. The average Bonchev–Trinajstić information content (AvgIpc) is 2.76. The van der Waals surface area contributed by atoms with E-state index in [0.717, 1.165) is 33.6 Å². The number of hydrogen-bond acceptors (Lipinski definition) is 2. The molecule has 1 unspecified atom stereocenters. The molecule has 1 aliphatic rings. The zero-order valence-corrected chi connectivity index (χ0v) is 16.5. The average molecular weight is 368 g/mol. The van der Waals surface area contributed by atoms with Gasteiger partial charge in [-0.25, -0.2) is 0 Å². The summed E-state index contributed by atoms with van der Waals surface area (Å²) in [5.74, 6) is -0.170. The highest BCUT2D eigenvalue weighted by atomic mass is 16.7. The van der Waals surface area contributed by atoms with Crippen LogP contribution in [0.15, 0.2) is 96.6 Å². The zero-order chi connectivity index (χ0) is 19.6. The first-order valence-electron chi connectivity index (χ1n) is 9.49. The van der Waals surface area contributed by atoms with E-state index < -0.39 is 5.79 Å². The van der Waals surface area contributed by atoms with Crippen molar-refractivity contribution in [2.24, 2.45) is 0 Å². The van der Waals surface area contributed by atoms with E-state index in [0.29, 0.717) is 0 Å². The van der Waals surface area contributed by atoms with Crippen molar-refractivity contribution < 1.29 is 9.47 Å². The monoisotopic (exact) mass is 368 g/mol. The molecule has 0 radical (unpaired) electrons. The van der Waals surface area contributed by atoms with Crippen LogP contribution in [0.3, 0.4) is 0 Å². The topological polar surface area (TPSA) is 18.5 Å². The van der Waals surface area contributed by atoms with Gasteiger partial charge in [0.2, 0.25) is 0 Å². The molecule has 140 valence electrons. The highest BCUT2D eigenvalue weighted by molar-refractivity contribution is 5.86. The smallest absolute Gasteiger partial charge is 0.260 e. The predicted molar refractivity (Wildman–Crippen MR) is 114 cm³/mol. The summed E-state index contributed by atoms with van der Waals surface area (Å²) >= 11 is 0. The van der Waals surface area contributed by atoms with E-state index in [1.165, 1.54) is 5.56 Å². The summed E-state index contributed by atoms with van der Waals surface area (Å²) in [5.41, 5.74) is 6.52. The molecule has 0 amide bonds. The van der Waals surface area contributed by atoms with Gasteiger partial charge in [-0.05, 0) is 31.1 Å². The third-order valence-corrected chi connectivity index (χ3v) is 5.29. The predicted octanol–water partition coefficient (Wildman–Crippen LogP) is 6.34. The van der Waals surface area contributed by atoms with Crippen LogP contribution < -0.4 is 0 Å². The molecule has 28 heavy (non-hydrogen) atoms. The molecule has 3 aromatic rings. The molecule has 0 spiro atoms. The summed E-state index contributed by atoms with van der Waals surface area (Å²) in [7, 11) is 1.71. The van der Waals surface area contributed by atoms with Crippen molar-refractivity contribution >= 4 is 11.3 Å². The quantitative estimate of drug-likeness (QED) is 0.535. The summed E-state index contributed by atoms with van der Waals surface area (Å²) in [6.07, 6.45) is 2.12. The van der Waals surface area contributed by atoms with Gasteiger partial charge in [-0.3, -0.25) is 0 Å². The maximum Gasteiger partial charge on any atom is 0.260 e. The maximum absolute atomic E-state index is 6.58. The van der Waals surface area contributed by atoms with Crippen molar-refractivity contribution in [1.29, 1.82) is 0 Å². The van der Waals surface area contributed by atoms with Gasteiger partial charge in [-0.15, -0.1) is 0 Å². The van der Waals surface area contributed by atoms with Gasteiger partial charge in [-0.2, -0.15) is 0 Å². The van der Waals surface area contributed by atoms with Gasteiger partial charge < -0.3 is 9.47 Å². The second kappa shape index (κ2) is 7.49. The Morgan fingerprint density at radius 2 is 1.32 bits per heavy atom. The molecule has 3 aromatic carbocycles. The summed E-state index contributed by atoms with van der Waals surface area (Å²) < 4.78 is 12.7. The number of ether oxygens (including phenoxy) is 2. The molecule has 0 saturated heterocycles. The zero-order valence-electron chi connectivity index (χ0n) is 16.5. The Bertz CT molecular complexity index is 1020. The number of allylic oxidation sites excluding steroid dienone is 2. The fraction of sp³-hybridized carbons (Fsp3) is 0.154. The molecule has 0 aromatic heterocycles. The van der Waals surface area contributed by atoms with E-state index in [1.807, 2.05) is 36.4 Å². The van der Waals surface area contributed by atoms with E-state index in [2.05, 4.69) is 68.5 Å². The Labute approximate surface area is 166 Å². The van der Waals surface area contributed by atoms with Crippen LogP contribution in [0.25, 0.3) is 11.3 Å². The SMILES string of the molecule is COC1(c2ccccc2)OC(c2ccc(C)cc2)=CC(c2ccccc2)=C1C. The lowest BCUT2D eigenvalue weighted by molar-refractivity contribution is -0.160. The Kier molecular flexibility index (Phi) is 4.89. The van der Waals surface area contributed by atoms with Crippen LogP contribution in [-0.4, -0.2) is 7.11 Å². The number of methoxy groups -OCH3 is 1. The van der Waals surface area contributed by atoms with Crippen molar-refractivity contribution in [2.75, 3.05) is 7.11 Å². The highest BCUT2D eigenvalue weighted by Gasteiger charge is 2.42. The van der Waals surface area contributed by atoms with Crippen molar-refractivity contribution in [3.63, 3.8) is 0 Å². The molecule has 1 heterocycles. The summed E-state index contributed by atoms with van der Waals surface area (Å²) in [6, 6.07) is 28.9. The molecule has 0 aliphatic carbocycles. The largest absolute Gasteiger partial charge is 0.453 e. The van der Waals surface area contributed by atoms with Crippen LogP contribution in [0.5, 0.6) is 0 Å². The Morgan fingerprint density at radius 3 is 1.93 bits per heavy atom. The lowest BCUT2D eigenvalue weighted by atomic mass is 9.87. The molecular weight excluding hydrogens is 344 g/mol. The highest BCUT2D eigenvalue weighted by Crippen LogP contribution is 2.46. The summed E-state index contributed by atoms with van der Waals surface area (Å²) in [5, 5.41) is 0. The third kappa shape index (κ3) is 3.17. The first-order chi connectivity index (χ1) is 13.6. The van der Waals surface area contributed by atoms with Crippen LogP contribution >= 0.6 is 0 Å². The molecule has 0 saturated carbocycles. The molecule has 1 aliphatic heterocycles. The maximum atomic E-state index is 6.58. The molecule has 1 atom stereocenters. The molecular formula is C26H24O2. The first kappa shape index (κ1) is 18.3.